The number of aromatic nitrogens is 1. The van der Waals surface area contributed by atoms with Crippen LogP contribution in [0, 0.1) is 23.7 Å². The van der Waals surface area contributed by atoms with E-state index in [-0.39, 0.29) is 0 Å². The van der Waals surface area contributed by atoms with Crippen molar-refractivity contribution in [2.45, 2.75) is 135 Å². The van der Waals surface area contributed by atoms with Gasteiger partial charge in [0.2, 0.25) is 0 Å². The van der Waals surface area contributed by atoms with Crippen LogP contribution in [0.5, 0.6) is 0 Å². The molecule has 0 amide bonds. The second-order valence-electron chi connectivity index (χ2n) is 9.35. The summed E-state index contributed by atoms with van der Waals surface area (Å²) >= 11 is 0. The van der Waals surface area contributed by atoms with Crippen LogP contribution in [0.1, 0.15) is 145 Å². The maximum Gasteiger partial charge on any atom is 0.335 e. The van der Waals surface area contributed by atoms with Crippen molar-refractivity contribution in [2.24, 2.45) is 0 Å². The first-order valence-corrected chi connectivity index (χ1v) is 13.9. The Morgan fingerprint density at radius 2 is 1.21 bits per heavy atom. The second kappa shape index (κ2) is 22.5. The topological polar surface area (TPSA) is 50.2 Å². The number of carbonyl (C=O) groups is 1. The Labute approximate surface area is 209 Å². The fourth-order valence-corrected chi connectivity index (χ4v) is 4.07. The highest BCUT2D eigenvalue weighted by atomic mass is 16.4. The predicted molar refractivity (Wildman–Crippen MR) is 144 cm³/mol. The van der Waals surface area contributed by atoms with Gasteiger partial charge in [0.05, 0.1) is 5.56 Å². The Kier molecular flexibility index (Phi) is 19.7. The lowest BCUT2D eigenvalue weighted by molar-refractivity contribution is 0.0696. The van der Waals surface area contributed by atoms with E-state index < -0.39 is 5.97 Å². The summed E-state index contributed by atoms with van der Waals surface area (Å²) < 4.78 is 0. The highest BCUT2D eigenvalue weighted by Crippen LogP contribution is 2.12. The van der Waals surface area contributed by atoms with E-state index in [0.717, 1.165) is 31.4 Å². The number of aromatic carboxylic acids is 1. The number of aryl methyl sites for hydroxylation is 1. The van der Waals surface area contributed by atoms with Gasteiger partial charge in [0, 0.05) is 24.7 Å². The number of carboxylic acid groups (broad SMARTS) is 1. The number of unbranched alkanes of at least 4 members (excludes halogenated alkanes) is 17. The van der Waals surface area contributed by atoms with Crippen LogP contribution in [0.4, 0.5) is 0 Å². The van der Waals surface area contributed by atoms with Gasteiger partial charge in [-0.25, -0.2) is 4.79 Å². The van der Waals surface area contributed by atoms with Crippen LogP contribution in [-0.4, -0.2) is 16.1 Å². The van der Waals surface area contributed by atoms with E-state index in [0.29, 0.717) is 5.56 Å². The first-order valence-electron chi connectivity index (χ1n) is 13.9. The fourth-order valence-electron chi connectivity index (χ4n) is 4.07. The molecule has 0 unspecified atom stereocenters. The number of nitrogens with zero attached hydrogens (tertiary/aromatic N) is 1. The first kappa shape index (κ1) is 29.8. The van der Waals surface area contributed by atoms with Gasteiger partial charge >= 0.3 is 5.97 Å². The van der Waals surface area contributed by atoms with Crippen molar-refractivity contribution in [1.29, 1.82) is 0 Å². The first-order chi connectivity index (χ1) is 16.7. The summed E-state index contributed by atoms with van der Waals surface area (Å²) in [6, 6.07) is 3.23. The van der Waals surface area contributed by atoms with Gasteiger partial charge in [-0.2, -0.15) is 0 Å². The Morgan fingerprint density at radius 1 is 0.735 bits per heavy atom. The minimum Gasteiger partial charge on any atom is -0.478 e. The number of hydrogen-bond donors (Lipinski definition) is 1. The summed E-state index contributed by atoms with van der Waals surface area (Å²) in [6.07, 6.45) is 26.5. The zero-order chi connectivity index (χ0) is 24.5. The van der Waals surface area contributed by atoms with Crippen LogP contribution in [0.25, 0.3) is 0 Å². The lowest BCUT2D eigenvalue weighted by atomic mass is 10.1. The van der Waals surface area contributed by atoms with Crippen molar-refractivity contribution >= 4 is 5.97 Å². The average Bonchev–Trinajstić information content (AvgIpc) is 2.84. The van der Waals surface area contributed by atoms with Crippen molar-refractivity contribution in [2.75, 3.05) is 0 Å². The van der Waals surface area contributed by atoms with Crippen molar-refractivity contribution in [3.05, 3.63) is 29.6 Å². The molecule has 0 saturated heterocycles. The highest BCUT2D eigenvalue weighted by molar-refractivity contribution is 5.87. The van der Waals surface area contributed by atoms with Crippen molar-refractivity contribution in [3.8, 4) is 23.7 Å². The van der Waals surface area contributed by atoms with Gasteiger partial charge in [0.1, 0.15) is 0 Å². The Bertz CT molecular complexity index is 763. The van der Waals surface area contributed by atoms with E-state index in [4.69, 9.17) is 5.11 Å². The summed E-state index contributed by atoms with van der Waals surface area (Å²) in [4.78, 5) is 15.3. The molecule has 1 aromatic heterocycles. The van der Waals surface area contributed by atoms with Crippen LogP contribution in [-0.2, 0) is 6.42 Å². The number of carboxylic acids is 1. The number of hydrogen-bond acceptors (Lipinski definition) is 2. The predicted octanol–water partition coefficient (Wildman–Crippen LogP) is 8.76. The molecule has 0 atom stereocenters. The molecule has 0 fully saturated rings. The van der Waals surface area contributed by atoms with E-state index in [2.05, 4.69) is 35.6 Å². The molecule has 34 heavy (non-hydrogen) atoms. The monoisotopic (exact) mass is 465 g/mol. The standard InChI is InChI=1S/C31H47NO2/c1-2-3-4-5-6-7-8-9-10-11-12-13-14-15-16-17-18-19-20-21-22-23-24-25-30-28-29(31(33)34)26-27-32-30/h26-28H,2-12,17-25H2,1H3,(H,33,34). The maximum atomic E-state index is 11.0. The molecule has 3 nitrogen and oxygen atoms in total. The molecule has 0 aliphatic rings. The lowest BCUT2D eigenvalue weighted by Gasteiger charge is -2.03. The third kappa shape index (κ3) is 18.2. The third-order valence-electron chi connectivity index (χ3n) is 6.19. The molecule has 1 aromatic rings. The second-order valence-corrected chi connectivity index (χ2v) is 9.35. The van der Waals surface area contributed by atoms with Gasteiger partial charge in [-0.1, -0.05) is 109 Å². The molecule has 0 aliphatic heterocycles. The van der Waals surface area contributed by atoms with E-state index in [1.807, 2.05) is 0 Å². The van der Waals surface area contributed by atoms with Gasteiger partial charge in [0.15, 0.2) is 0 Å². The van der Waals surface area contributed by atoms with E-state index in [1.54, 1.807) is 18.3 Å². The van der Waals surface area contributed by atoms with Crippen LogP contribution < -0.4 is 0 Å². The Balaban J connectivity index is 1.85. The van der Waals surface area contributed by atoms with Crippen molar-refractivity contribution in [1.82, 2.24) is 4.98 Å². The quantitative estimate of drug-likeness (QED) is 0.155. The Morgan fingerprint density at radius 3 is 1.71 bits per heavy atom. The number of rotatable bonds is 20. The summed E-state index contributed by atoms with van der Waals surface area (Å²) in [7, 11) is 0. The number of pyridine rings is 1. The highest BCUT2D eigenvalue weighted by Gasteiger charge is 2.04. The zero-order valence-electron chi connectivity index (χ0n) is 21.7. The fraction of sp³-hybridized carbons (Fsp3) is 0.677. The minimum absolute atomic E-state index is 0.327. The molecule has 3 heteroatoms. The largest absolute Gasteiger partial charge is 0.478 e. The molecular formula is C31H47NO2. The SMILES string of the molecule is CCCCCCCCCCCCC#CC#CCCCCCCCCCc1cc(C(=O)O)ccn1. The van der Waals surface area contributed by atoms with E-state index >= 15 is 0 Å². The van der Waals surface area contributed by atoms with Gasteiger partial charge < -0.3 is 5.11 Å². The maximum absolute atomic E-state index is 11.0. The Hall–Kier alpha value is -2.26. The molecule has 0 aromatic carbocycles. The van der Waals surface area contributed by atoms with Gasteiger partial charge in [-0.15, -0.1) is 0 Å². The molecule has 1 N–H and O–H groups in total. The van der Waals surface area contributed by atoms with Crippen LogP contribution in [0.3, 0.4) is 0 Å². The summed E-state index contributed by atoms with van der Waals surface area (Å²) in [5.74, 6) is 11.5. The zero-order valence-corrected chi connectivity index (χ0v) is 21.7. The van der Waals surface area contributed by atoms with E-state index in [1.165, 1.54) is 103 Å². The molecule has 0 bridgehead atoms. The third-order valence-corrected chi connectivity index (χ3v) is 6.19. The van der Waals surface area contributed by atoms with Gasteiger partial charge in [0.25, 0.3) is 0 Å². The van der Waals surface area contributed by atoms with Gasteiger partial charge in [-0.05, 0) is 49.7 Å². The lowest BCUT2D eigenvalue weighted by Crippen LogP contribution is -1.99. The average molecular weight is 466 g/mol. The minimum atomic E-state index is -0.885. The molecule has 1 rings (SSSR count). The van der Waals surface area contributed by atoms with Crippen LogP contribution in [0.2, 0.25) is 0 Å². The summed E-state index contributed by atoms with van der Waals surface area (Å²) in [5.41, 5.74) is 1.21. The van der Waals surface area contributed by atoms with Gasteiger partial charge in [-0.3, -0.25) is 4.98 Å². The smallest absolute Gasteiger partial charge is 0.335 e. The van der Waals surface area contributed by atoms with Crippen LogP contribution in [0.15, 0.2) is 18.3 Å². The molecule has 0 saturated carbocycles. The van der Waals surface area contributed by atoms with Crippen molar-refractivity contribution in [3.63, 3.8) is 0 Å². The molecule has 1 heterocycles. The molecule has 0 spiro atoms. The molecule has 0 aliphatic carbocycles. The van der Waals surface area contributed by atoms with Crippen LogP contribution >= 0.6 is 0 Å². The summed E-state index contributed by atoms with van der Waals surface area (Å²) in [6.45, 7) is 2.27. The normalized spacial score (nSPS) is 10.3. The van der Waals surface area contributed by atoms with E-state index in [9.17, 15) is 4.79 Å². The van der Waals surface area contributed by atoms with Crippen molar-refractivity contribution < 1.29 is 9.90 Å². The molecule has 188 valence electrons. The molecule has 0 radical (unpaired) electrons. The summed E-state index contributed by atoms with van der Waals surface area (Å²) in [5, 5.41) is 9.02. The molecular weight excluding hydrogens is 418 g/mol.